The van der Waals surface area contributed by atoms with E-state index in [0.29, 0.717) is 36.5 Å². The first-order chi connectivity index (χ1) is 29.5. The maximum absolute atomic E-state index is 14.2. The molecule has 6 rings (SSSR count). The predicted octanol–water partition coefficient (Wildman–Crippen LogP) is 11.6. The Kier molecular flexibility index (Phi) is 14.4. The molecule has 0 saturated heterocycles. The number of urea groups is 1. The molecule has 0 aliphatic carbocycles. The van der Waals surface area contributed by atoms with Crippen molar-refractivity contribution in [3.8, 4) is 5.75 Å². The standard InChI is InChI=1S/C51H60N4O6Si/c1-50(2,3)60-49(58)55(32-31-36-21-18-26-40(33-36)52-48(57)54-46(38-22-14-10-15-23-38)39-24-16-11-17-25-39)34-44(61-62(7,8)51(4,5)6)41-27-29-43(47-42(41)28-30-45(56)53-47)59-35-37-19-12-9-13-20-37/h9-30,33,44,46H,31-32,34-35H2,1-8H3,(H,53,56)(H2,52,54,57)/t44-/m0/s1. The van der Waals surface area contributed by atoms with Gasteiger partial charge >= 0.3 is 12.1 Å². The fourth-order valence-corrected chi connectivity index (χ4v) is 8.18. The summed E-state index contributed by atoms with van der Waals surface area (Å²) in [5, 5.41) is 6.79. The molecule has 3 amide bonds. The van der Waals surface area contributed by atoms with Crippen LogP contribution < -0.4 is 20.9 Å². The smallest absolute Gasteiger partial charge is 0.410 e. The van der Waals surface area contributed by atoms with Gasteiger partial charge in [-0.1, -0.05) is 130 Å². The van der Waals surface area contributed by atoms with Gasteiger partial charge in [0.25, 0.3) is 0 Å². The van der Waals surface area contributed by atoms with Gasteiger partial charge in [0.2, 0.25) is 5.56 Å². The van der Waals surface area contributed by atoms with Gasteiger partial charge < -0.3 is 34.4 Å². The average molecular weight is 853 g/mol. The van der Waals surface area contributed by atoms with Crippen LogP contribution in [0.3, 0.4) is 0 Å². The third-order valence-corrected chi connectivity index (χ3v) is 15.6. The third kappa shape index (κ3) is 12.2. The van der Waals surface area contributed by atoms with E-state index in [2.05, 4.69) is 49.5 Å². The van der Waals surface area contributed by atoms with Gasteiger partial charge in [0, 0.05) is 23.7 Å². The number of nitrogens with zero attached hydrogens (tertiary/aromatic N) is 1. The second-order valence-corrected chi connectivity index (χ2v) is 22.9. The van der Waals surface area contributed by atoms with Gasteiger partial charge in [0.05, 0.1) is 24.2 Å². The summed E-state index contributed by atoms with van der Waals surface area (Å²) < 4.78 is 19.5. The second kappa shape index (κ2) is 19.7. The molecule has 0 fully saturated rings. The van der Waals surface area contributed by atoms with Gasteiger partial charge in [-0.15, -0.1) is 0 Å². The SMILES string of the molecule is CC(C)(C)OC(=O)N(CCc1cccc(NC(=O)NC(c2ccccc2)c2ccccc2)c1)C[C@H](O[Si](C)(C)C(C)(C)C)c1ccc(OCc2ccccc2)c2[nH]c(=O)ccc12. The topological polar surface area (TPSA) is 122 Å². The van der Waals surface area contributed by atoms with E-state index in [1.165, 1.54) is 6.07 Å². The molecule has 1 aromatic heterocycles. The number of hydrogen-bond acceptors (Lipinski definition) is 6. The number of nitrogens with one attached hydrogen (secondary N) is 3. The number of pyridine rings is 1. The van der Waals surface area contributed by atoms with E-state index in [-0.39, 0.29) is 29.2 Å². The van der Waals surface area contributed by atoms with Crippen LogP contribution in [0.2, 0.25) is 18.1 Å². The van der Waals surface area contributed by atoms with Crippen molar-refractivity contribution in [3.63, 3.8) is 0 Å². The predicted molar refractivity (Wildman–Crippen MR) is 251 cm³/mol. The molecule has 0 spiro atoms. The summed E-state index contributed by atoms with van der Waals surface area (Å²) >= 11 is 0. The average Bonchev–Trinajstić information content (AvgIpc) is 3.23. The molecule has 0 aliphatic rings. The Bertz CT molecular complexity index is 2440. The molecule has 6 aromatic rings. The van der Waals surface area contributed by atoms with Crippen molar-refractivity contribution < 1.29 is 23.5 Å². The van der Waals surface area contributed by atoms with Crippen molar-refractivity contribution in [1.29, 1.82) is 0 Å². The van der Waals surface area contributed by atoms with Gasteiger partial charge in [-0.05, 0) is 97.4 Å². The van der Waals surface area contributed by atoms with E-state index >= 15 is 0 Å². The van der Waals surface area contributed by atoms with Crippen molar-refractivity contribution in [1.82, 2.24) is 15.2 Å². The summed E-state index contributed by atoms with van der Waals surface area (Å²) in [6.07, 6.45) is -0.581. The summed E-state index contributed by atoms with van der Waals surface area (Å²) in [5.74, 6) is 0.540. The highest BCUT2D eigenvalue weighted by Gasteiger charge is 2.41. The van der Waals surface area contributed by atoms with Crippen LogP contribution in [-0.4, -0.2) is 49.0 Å². The lowest BCUT2D eigenvalue weighted by atomic mass is 9.99. The number of ether oxygens (including phenoxy) is 2. The number of benzene rings is 5. The maximum Gasteiger partial charge on any atom is 0.410 e. The van der Waals surface area contributed by atoms with Gasteiger partial charge in [-0.3, -0.25) is 4.79 Å². The van der Waals surface area contributed by atoms with Gasteiger partial charge in [-0.25, -0.2) is 9.59 Å². The highest BCUT2D eigenvalue weighted by Crippen LogP contribution is 2.42. The van der Waals surface area contributed by atoms with Crippen LogP contribution in [-0.2, 0) is 22.2 Å². The van der Waals surface area contributed by atoms with E-state index in [4.69, 9.17) is 13.9 Å². The second-order valence-electron chi connectivity index (χ2n) is 18.1. The normalized spacial score (nSPS) is 12.5. The van der Waals surface area contributed by atoms with Crippen molar-refractivity contribution in [2.24, 2.45) is 0 Å². The van der Waals surface area contributed by atoms with Crippen LogP contribution in [0, 0.1) is 0 Å². The van der Waals surface area contributed by atoms with Crippen molar-refractivity contribution in [2.45, 2.75) is 90.4 Å². The molecule has 0 bridgehead atoms. The lowest BCUT2D eigenvalue weighted by Crippen LogP contribution is -2.46. The first-order valence-corrected chi connectivity index (χ1v) is 24.1. The van der Waals surface area contributed by atoms with E-state index < -0.39 is 26.1 Å². The number of carbonyl (C=O) groups is 2. The number of anilines is 1. The zero-order chi connectivity index (χ0) is 44.5. The van der Waals surface area contributed by atoms with Crippen LogP contribution in [0.4, 0.5) is 15.3 Å². The Morgan fingerprint density at radius 3 is 1.97 bits per heavy atom. The Balaban J connectivity index is 1.27. The molecule has 0 unspecified atom stereocenters. The monoisotopic (exact) mass is 852 g/mol. The highest BCUT2D eigenvalue weighted by molar-refractivity contribution is 6.74. The first-order valence-electron chi connectivity index (χ1n) is 21.2. The zero-order valence-corrected chi connectivity index (χ0v) is 38.2. The highest BCUT2D eigenvalue weighted by atomic mass is 28.4. The molecule has 0 radical (unpaired) electrons. The Hall–Kier alpha value is -6.17. The Morgan fingerprint density at radius 2 is 1.35 bits per heavy atom. The molecule has 324 valence electrons. The van der Waals surface area contributed by atoms with Crippen molar-refractivity contribution >= 4 is 37.0 Å². The molecule has 11 heteroatoms. The maximum atomic E-state index is 14.2. The molecule has 10 nitrogen and oxygen atoms in total. The Morgan fingerprint density at radius 1 is 0.742 bits per heavy atom. The lowest BCUT2D eigenvalue weighted by Gasteiger charge is -2.41. The molecule has 1 heterocycles. The Labute approximate surface area is 366 Å². The third-order valence-electron chi connectivity index (χ3n) is 11.2. The minimum atomic E-state index is -2.46. The molecular formula is C51H60N4O6Si. The van der Waals surface area contributed by atoms with Crippen molar-refractivity contribution in [2.75, 3.05) is 18.4 Å². The van der Waals surface area contributed by atoms with E-state index in [1.54, 1.807) is 11.0 Å². The summed E-state index contributed by atoms with van der Waals surface area (Å²) in [6, 6.07) is 43.7. The molecule has 0 aliphatic heterocycles. The minimum Gasteiger partial charge on any atom is -0.487 e. The summed E-state index contributed by atoms with van der Waals surface area (Å²) in [5.41, 5.74) is 4.86. The van der Waals surface area contributed by atoms with Gasteiger partial charge in [0.15, 0.2) is 8.32 Å². The molecule has 3 N–H and O–H groups in total. The molecule has 5 aromatic carbocycles. The first kappa shape index (κ1) is 45.4. The molecule has 1 atom stereocenters. The summed E-state index contributed by atoms with van der Waals surface area (Å²) in [4.78, 5) is 45.2. The number of fused-ring (bicyclic) bond motifs is 1. The number of H-pyrrole nitrogens is 1. The van der Waals surface area contributed by atoms with Crippen molar-refractivity contribution in [3.05, 3.63) is 178 Å². The van der Waals surface area contributed by atoms with Crippen LogP contribution in [0.1, 0.15) is 81.5 Å². The van der Waals surface area contributed by atoms with E-state index in [0.717, 1.165) is 33.2 Å². The van der Waals surface area contributed by atoms with Gasteiger partial charge in [0.1, 0.15) is 18.0 Å². The number of aromatic amines is 1. The largest absolute Gasteiger partial charge is 0.487 e. The number of amides is 3. The fourth-order valence-electron chi connectivity index (χ4n) is 6.92. The lowest BCUT2D eigenvalue weighted by molar-refractivity contribution is 0.0159. The molecular weight excluding hydrogens is 793 g/mol. The number of rotatable bonds is 15. The number of carbonyl (C=O) groups excluding carboxylic acids is 2. The van der Waals surface area contributed by atoms with Crippen LogP contribution in [0.25, 0.3) is 10.9 Å². The molecule has 0 saturated carbocycles. The molecule has 62 heavy (non-hydrogen) atoms. The summed E-state index contributed by atoms with van der Waals surface area (Å²) in [7, 11) is -2.46. The summed E-state index contributed by atoms with van der Waals surface area (Å²) in [6.45, 7) is 17.3. The number of hydrogen-bond donors (Lipinski definition) is 3. The van der Waals surface area contributed by atoms with E-state index in [1.807, 2.05) is 148 Å². The van der Waals surface area contributed by atoms with Crippen LogP contribution in [0.5, 0.6) is 5.75 Å². The fraction of sp³-hybridized carbons (Fsp3) is 0.314. The minimum absolute atomic E-state index is 0.146. The van der Waals surface area contributed by atoms with Gasteiger partial charge in [-0.2, -0.15) is 0 Å². The number of aromatic nitrogens is 1. The van der Waals surface area contributed by atoms with Crippen LogP contribution in [0.15, 0.2) is 144 Å². The van der Waals surface area contributed by atoms with E-state index in [9.17, 15) is 14.4 Å². The van der Waals surface area contributed by atoms with Crippen LogP contribution >= 0.6 is 0 Å². The quantitative estimate of drug-likeness (QED) is 0.0885. The zero-order valence-electron chi connectivity index (χ0n) is 37.2.